The lowest BCUT2D eigenvalue weighted by atomic mass is 9.98. The molecule has 0 aromatic rings. The molecule has 4 atom stereocenters. The predicted octanol–water partition coefficient (Wildman–Crippen LogP) is 6.42. The Morgan fingerprint density at radius 3 is 1.42 bits per heavy atom. The molecule has 0 spiro atoms. The molecule has 4 saturated heterocycles. The second-order valence-corrected chi connectivity index (χ2v) is 12.1. The molecule has 0 aromatic carbocycles. The summed E-state index contributed by atoms with van der Waals surface area (Å²) in [5, 5.41) is 0. The van der Waals surface area contributed by atoms with Crippen LogP contribution in [0.25, 0.3) is 0 Å². The van der Waals surface area contributed by atoms with Crippen molar-refractivity contribution < 1.29 is 0 Å². The Bertz CT molecular complexity index is 468. The molecule has 3 nitrogen and oxygen atoms in total. The molecule has 0 radical (unpaired) electrons. The number of likely N-dealkylation sites (tertiary alicyclic amines) is 2. The molecule has 31 heavy (non-hydrogen) atoms. The Balaban J connectivity index is 0.000000133. The van der Waals surface area contributed by atoms with Crippen molar-refractivity contribution in [2.45, 2.75) is 142 Å². The van der Waals surface area contributed by atoms with Crippen LogP contribution in [0.4, 0.5) is 0 Å². The van der Waals surface area contributed by atoms with E-state index in [1.165, 1.54) is 96.8 Å². The van der Waals surface area contributed by atoms with E-state index in [4.69, 9.17) is 0 Å². The molecular formula is C28H55N3. The van der Waals surface area contributed by atoms with Crippen LogP contribution in [0.2, 0.25) is 0 Å². The zero-order chi connectivity index (χ0) is 22.4. The van der Waals surface area contributed by atoms with Gasteiger partial charge in [0.15, 0.2) is 0 Å². The van der Waals surface area contributed by atoms with E-state index in [0.717, 1.165) is 42.0 Å². The Morgan fingerprint density at radius 2 is 1.03 bits per heavy atom. The Morgan fingerprint density at radius 1 is 0.516 bits per heavy atom. The van der Waals surface area contributed by atoms with Crippen molar-refractivity contribution >= 4 is 0 Å². The van der Waals surface area contributed by atoms with Gasteiger partial charge in [-0.15, -0.1) is 0 Å². The largest absolute Gasteiger partial charge is 0.301 e. The monoisotopic (exact) mass is 433 g/mol. The van der Waals surface area contributed by atoms with Crippen LogP contribution in [0.1, 0.15) is 112 Å². The van der Waals surface area contributed by atoms with Gasteiger partial charge in [-0.05, 0) is 124 Å². The highest BCUT2D eigenvalue weighted by Gasteiger charge is 2.37. The summed E-state index contributed by atoms with van der Waals surface area (Å²) in [7, 11) is 0. The molecule has 3 heteroatoms. The van der Waals surface area contributed by atoms with E-state index in [2.05, 4.69) is 56.2 Å². The van der Waals surface area contributed by atoms with Gasteiger partial charge in [-0.2, -0.15) is 0 Å². The smallest absolute Gasteiger partial charge is 0.0101 e. The van der Waals surface area contributed by atoms with Crippen molar-refractivity contribution in [3.8, 4) is 0 Å². The van der Waals surface area contributed by atoms with Crippen molar-refractivity contribution in [3.05, 3.63) is 0 Å². The lowest BCUT2D eigenvalue weighted by molar-refractivity contribution is 0.104. The summed E-state index contributed by atoms with van der Waals surface area (Å²) < 4.78 is 0. The number of hydrogen-bond donors (Lipinski definition) is 0. The van der Waals surface area contributed by atoms with Gasteiger partial charge in [0.1, 0.15) is 0 Å². The number of nitrogens with zero attached hydrogens (tertiary/aromatic N) is 3. The van der Waals surface area contributed by atoms with Crippen LogP contribution in [-0.4, -0.2) is 71.1 Å². The van der Waals surface area contributed by atoms with Gasteiger partial charge < -0.3 is 9.80 Å². The van der Waals surface area contributed by atoms with Crippen LogP contribution in [0.3, 0.4) is 0 Å². The third kappa shape index (κ3) is 7.44. The van der Waals surface area contributed by atoms with E-state index in [1.807, 2.05) is 0 Å². The molecule has 4 unspecified atom stereocenters. The van der Waals surface area contributed by atoms with Gasteiger partial charge in [-0.25, -0.2) is 0 Å². The summed E-state index contributed by atoms with van der Waals surface area (Å²) in [4.78, 5) is 7.97. The van der Waals surface area contributed by atoms with E-state index in [1.54, 1.807) is 0 Å². The number of fused-ring (bicyclic) bond motifs is 4. The summed E-state index contributed by atoms with van der Waals surface area (Å²) in [5.41, 5.74) is 0. The van der Waals surface area contributed by atoms with Crippen molar-refractivity contribution in [3.63, 3.8) is 0 Å². The van der Waals surface area contributed by atoms with Gasteiger partial charge in [0, 0.05) is 43.3 Å². The van der Waals surface area contributed by atoms with Gasteiger partial charge >= 0.3 is 0 Å². The third-order valence-corrected chi connectivity index (χ3v) is 8.83. The SMILES string of the molecule is CC(C)N1C2CCCC1CC2.CC(C)N1CC2CCC(C2)C1.CC(C)N1CCCCC1. The molecule has 0 aromatic heterocycles. The zero-order valence-electron chi connectivity index (χ0n) is 22.0. The maximum Gasteiger partial charge on any atom is 0.0101 e. The molecule has 4 heterocycles. The molecule has 0 amide bonds. The van der Waals surface area contributed by atoms with Gasteiger partial charge in [-0.1, -0.05) is 12.8 Å². The highest BCUT2D eigenvalue weighted by molar-refractivity contribution is 4.93. The quantitative estimate of drug-likeness (QED) is 0.508. The van der Waals surface area contributed by atoms with Gasteiger partial charge in [0.05, 0.1) is 0 Å². The minimum absolute atomic E-state index is 0.769. The standard InChI is InChI=1S/2C10H19N.C8H17N/c1-8(2)11-6-9-3-4-10(5-9)7-11;1-8(2)11-9-4-3-5-10(11)7-6-9;1-8(2)9-6-4-3-5-7-9/h2*8-10H,3-7H2,1-2H3;8H,3-7H2,1-2H3. The number of rotatable bonds is 3. The van der Waals surface area contributed by atoms with Gasteiger partial charge in [0.25, 0.3) is 0 Å². The molecule has 5 rings (SSSR count). The van der Waals surface area contributed by atoms with Crippen molar-refractivity contribution in [2.75, 3.05) is 26.2 Å². The third-order valence-electron chi connectivity index (χ3n) is 8.83. The maximum absolute atomic E-state index is 2.75. The average Bonchev–Trinajstić information content (AvgIpc) is 3.23. The molecule has 4 bridgehead atoms. The molecule has 0 N–H and O–H groups in total. The Kier molecular flexibility index (Phi) is 10.2. The predicted molar refractivity (Wildman–Crippen MR) is 136 cm³/mol. The fourth-order valence-corrected chi connectivity index (χ4v) is 7.10. The Labute approximate surface area is 195 Å². The summed E-state index contributed by atoms with van der Waals surface area (Å²) in [6.45, 7) is 19.3. The van der Waals surface area contributed by atoms with E-state index in [-0.39, 0.29) is 0 Å². The lowest BCUT2D eigenvalue weighted by Gasteiger charge is -2.37. The first kappa shape index (κ1) is 25.5. The van der Waals surface area contributed by atoms with E-state index >= 15 is 0 Å². The van der Waals surface area contributed by atoms with Crippen LogP contribution in [-0.2, 0) is 0 Å². The van der Waals surface area contributed by atoms with E-state index < -0.39 is 0 Å². The summed E-state index contributed by atoms with van der Waals surface area (Å²) in [5.74, 6) is 2.10. The normalized spacial score (nSPS) is 34.0. The number of piperidine rings is 3. The summed E-state index contributed by atoms with van der Waals surface area (Å²) in [6, 6.07) is 4.24. The summed E-state index contributed by atoms with van der Waals surface area (Å²) >= 11 is 0. The van der Waals surface area contributed by atoms with Gasteiger partial charge in [-0.3, -0.25) is 4.90 Å². The van der Waals surface area contributed by atoms with Crippen molar-refractivity contribution in [2.24, 2.45) is 11.8 Å². The highest BCUT2D eigenvalue weighted by Crippen LogP contribution is 2.37. The minimum atomic E-state index is 0.769. The van der Waals surface area contributed by atoms with Gasteiger partial charge in [0.2, 0.25) is 0 Å². The average molecular weight is 434 g/mol. The second kappa shape index (κ2) is 12.4. The molecule has 182 valence electrons. The van der Waals surface area contributed by atoms with Crippen LogP contribution >= 0.6 is 0 Å². The second-order valence-electron chi connectivity index (χ2n) is 12.1. The first-order valence-electron chi connectivity index (χ1n) is 14.1. The minimum Gasteiger partial charge on any atom is -0.301 e. The molecule has 1 aliphatic carbocycles. The molecule has 4 aliphatic heterocycles. The number of hydrogen-bond acceptors (Lipinski definition) is 3. The zero-order valence-corrected chi connectivity index (χ0v) is 22.0. The van der Waals surface area contributed by atoms with E-state index in [0.29, 0.717) is 0 Å². The van der Waals surface area contributed by atoms with E-state index in [9.17, 15) is 0 Å². The molecule has 1 saturated carbocycles. The molecule has 5 fully saturated rings. The Hall–Kier alpha value is -0.120. The fourth-order valence-electron chi connectivity index (χ4n) is 7.10. The molecule has 5 aliphatic rings. The van der Waals surface area contributed by atoms with Crippen molar-refractivity contribution in [1.29, 1.82) is 0 Å². The van der Waals surface area contributed by atoms with Crippen molar-refractivity contribution in [1.82, 2.24) is 14.7 Å². The van der Waals surface area contributed by atoms with Crippen LogP contribution in [0.15, 0.2) is 0 Å². The van der Waals surface area contributed by atoms with Crippen LogP contribution < -0.4 is 0 Å². The highest BCUT2D eigenvalue weighted by atomic mass is 15.2. The first-order chi connectivity index (χ1) is 14.8. The fraction of sp³-hybridized carbons (Fsp3) is 1.00. The van der Waals surface area contributed by atoms with Crippen LogP contribution in [0.5, 0.6) is 0 Å². The first-order valence-corrected chi connectivity index (χ1v) is 14.1. The lowest BCUT2D eigenvalue weighted by Crippen LogP contribution is -2.43. The molecular weight excluding hydrogens is 378 g/mol. The summed E-state index contributed by atoms with van der Waals surface area (Å²) in [6.07, 6.45) is 16.2. The van der Waals surface area contributed by atoms with Crippen LogP contribution in [0, 0.1) is 11.8 Å². The maximum atomic E-state index is 2.75. The topological polar surface area (TPSA) is 9.72 Å².